The van der Waals surface area contributed by atoms with Gasteiger partial charge in [-0.25, -0.2) is 0 Å². The van der Waals surface area contributed by atoms with E-state index >= 15 is 0 Å². The summed E-state index contributed by atoms with van der Waals surface area (Å²) in [7, 11) is 0. The van der Waals surface area contributed by atoms with Crippen molar-refractivity contribution in [2.24, 2.45) is 0 Å². The van der Waals surface area contributed by atoms with E-state index in [9.17, 15) is 4.48 Å². The molecule has 7 heavy (non-hydrogen) atoms. The Morgan fingerprint density at radius 3 is 2.14 bits per heavy atom. The van der Waals surface area contributed by atoms with Gasteiger partial charge in [-0.3, -0.25) is 0 Å². The molecule has 0 N–H and O–H groups in total. The van der Waals surface area contributed by atoms with Crippen LogP contribution in [0.5, 0.6) is 0 Å². The van der Waals surface area contributed by atoms with E-state index in [0.29, 0.717) is 13.1 Å². The molecule has 0 aromatic heterocycles. The van der Waals surface area contributed by atoms with Gasteiger partial charge in [0.05, 0.1) is 0 Å². The first-order chi connectivity index (χ1) is 3.39. The van der Waals surface area contributed by atoms with E-state index in [1.807, 2.05) is 0 Å². The second-order valence-corrected chi connectivity index (χ2v) is 1.78. The van der Waals surface area contributed by atoms with E-state index in [2.05, 4.69) is 6.42 Å². The first kappa shape index (κ1) is 5.04. The van der Waals surface area contributed by atoms with Gasteiger partial charge in [0.15, 0.2) is 0 Å². The molecule has 1 aliphatic rings. The van der Waals surface area contributed by atoms with Crippen molar-refractivity contribution in [1.29, 1.82) is 0 Å². The van der Waals surface area contributed by atoms with Gasteiger partial charge in [0.1, 0.15) is 0 Å². The molecule has 41 valence electrons. The second-order valence-electron chi connectivity index (χ2n) is 1.78. The van der Waals surface area contributed by atoms with Gasteiger partial charge in [0.2, 0.25) is 0 Å². The Balaban J connectivity index is 2.12. The fourth-order valence-corrected chi connectivity index (χ4v) is 0.719. The number of hydrogen-bond acceptors (Lipinski definition) is 1. The summed E-state index contributed by atoms with van der Waals surface area (Å²) in [5.41, 5.74) is 0. The summed E-state index contributed by atoms with van der Waals surface area (Å²) in [6, 6.07) is 0. The topological polar surface area (TPSA) is 3.24 Å². The predicted molar refractivity (Wildman–Crippen MR) is 26.2 cm³/mol. The average Bonchev–Trinajstić information content (AvgIpc) is 1.69. The maximum absolute atomic E-state index is 12.0. The summed E-state index contributed by atoms with van der Waals surface area (Å²) in [6.45, 7) is 1.19. The normalized spacial score (nSPS) is 25.3. The van der Waals surface area contributed by atoms with Crippen LogP contribution in [0, 0.1) is 6.42 Å². The van der Waals surface area contributed by atoms with Crippen molar-refractivity contribution < 1.29 is 4.48 Å². The first-order valence-electron chi connectivity index (χ1n) is 2.62. The molecule has 2 heteroatoms. The van der Waals surface area contributed by atoms with Crippen LogP contribution < -0.4 is 0 Å². The largest absolute Gasteiger partial charge is 0.146 e. The second kappa shape index (κ2) is 2.26. The fourth-order valence-electron chi connectivity index (χ4n) is 0.719. The zero-order valence-electron chi connectivity index (χ0n) is 4.23. The SMILES string of the molecule is FN1CC[CH]CC1. The van der Waals surface area contributed by atoms with Crippen LogP contribution in [0.1, 0.15) is 12.8 Å². The Hall–Kier alpha value is -0.110. The summed E-state index contributed by atoms with van der Waals surface area (Å²) in [4.78, 5) is 0. The summed E-state index contributed by atoms with van der Waals surface area (Å²) in [5.74, 6) is 0. The van der Waals surface area contributed by atoms with Crippen LogP contribution in [0.15, 0.2) is 0 Å². The summed E-state index contributed by atoms with van der Waals surface area (Å²) in [5, 5.41) is 0.861. The molecule has 1 aliphatic heterocycles. The third-order valence-electron chi connectivity index (χ3n) is 1.15. The monoisotopic (exact) mass is 102 g/mol. The van der Waals surface area contributed by atoms with E-state index in [4.69, 9.17) is 0 Å². The lowest BCUT2D eigenvalue weighted by molar-refractivity contribution is 0.0164. The molecule has 0 aromatic carbocycles. The lowest BCUT2D eigenvalue weighted by atomic mass is 10.2. The van der Waals surface area contributed by atoms with Gasteiger partial charge in [-0.1, -0.05) is 0 Å². The van der Waals surface area contributed by atoms with E-state index < -0.39 is 0 Å². The van der Waals surface area contributed by atoms with Crippen molar-refractivity contribution in [3.8, 4) is 0 Å². The number of rotatable bonds is 0. The van der Waals surface area contributed by atoms with Crippen LogP contribution >= 0.6 is 0 Å². The molecule has 0 aliphatic carbocycles. The molecule has 1 heterocycles. The van der Waals surface area contributed by atoms with Crippen LogP contribution in [-0.4, -0.2) is 18.2 Å². The molecule has 0 aromatic rings. The Labute approximate surface area is 43.1 Å². The highest BCUT2D eigenvalue weighted by atomic mass is 19.2. The highest BCUT2D eigenvalue weighted by molar-refractivity contribution is 4.71. The number of hydrogen-bond donors (Lipinski definition) is 0. The van der Waals surface area contributed by atoms with Crippen molar-refractivity contribution in [2.75, 3.05) is 13.1 Å². The van der Waals surface area contributed by atoms with E-state index in [1.165, 1.54) is 0 Å². The van der Waals surface area contributed by atoms with Gasteiger partial charge < -0.3 is 0 Å². The van der Waals surface area contributed by atoms with Gasteiger partial charge in [-0.2, -0.15) is 0 Å². The van der Waals surface area contributed by atoms with Gasteiger partial charge in [-0.15, -0.1) is 9.60 Å². The molecule has 0 saturated carbocycles. The van der Waals surface area contributed by atoms with Crippen LogP contribution in [-0.2, 0) is 0 Å². The molecule has 1 rings (SSSR count). The maximum atomic E-state index is 12.0. The van der Waals surface area contributed by atoms with Crippen LogP contribution in [0.25, 0.3) is 0 Å². The molecule has 1 saturated heterocycles. The molecule has 0 unspecified atom stereocenters. The quantitative estimate of drug-likeness (QED) is 0.415. The van der Waals surface area contributed by atoms with Crippen molar-refractivity contribution in [3.05, 3.63) is 6.42 Å². The zero-order valence-corrected chi connectivity index (χ0v) is 4.23. The van der Waals surface area contributed by atoms with E-state index in [1.54, 1.807) is 0 Å². The third-order valence-corrected chi connectivity index (χ3v) is 1.15. The smallest absolute Gasteiger partial charge is 0.0293 e. The van der Waals surface area contributed by atoms with Gasteiger partial charge in [0, 0.05) is 13.1 Å². The molecule has 0 atom stereocenters. The van der Waals surface area contributed by atoms with Crippen molar-refractivity contribution in [1.82, 2.24) is 5.12 Å². The highest BCUT2D eigenvalue weighted by Gasteiger charge is 2.06. The van der Waals surface area contributed by atoms with Gasteiger partial charge in [-0.05, 0) is 19.3 Å². The number of nitrogens with zero attached hydrogens (tertiary/aromatic N) is 1. The third kappa shape index (κ3) is 1.43. The summed E-state index contributed by atoms with van der Waals surface area (Å²) in [6.07, 6.45) is 3.95. The fraction of sp³-hybridized carbons (Fsp3) is 0.800. The Kier molecular flexibility index (Phi) is 1.63. The minimum atomic E-state index is 0.597. The summed E-state index contributed by atoms with van der Waals surface area (Å²) < 4.78 is 12.0. The maximum Gasteiger partial charge on any atom is 0.0293 e. The molecule has 0 bridgehead atoms. The van der Waals surface area contributed by atoms with E-state index in [-0.39, 0.29) is 0 Å². The molecular formula is C5H9FN. The summed E-state index contributed by atoms with van der Waals surface area (Å²) >= 11 is 0. The molecule has 1 nitrogen and oxygen atoms in total. The highest BCUT2D eigenvalue weighted by Crippen LogP contribution is 2.06. The van der Waals surface area contributed by atoms with Crippen molar-refractivity contribution in [3.63, 3.8) is 0 Å². The molecule has 1 radical (unpaired) electrons. The Morgan fingerprint density at radius 1 is 1.29 bits per heavy atom. The van der Waals surface area contributed by atoms with Crippen molar-refractivity contribution >= 4 is 0 Å². The lowest BCUT2D eigenvalue weighted by Gasteiger charge is -2.15. The zero-order chi connectivity index (χ0) is 5.11. The average molecular weight is 102 g/mol. The Morgan fingerprint density at radius 2 is 1.86 bits per heavy atom. The van der Waals surface area contributed by atoms with Gasteiger partial charge in [0.25, 0.3) is 0 Å². The number of piperidine rings is 1. The van der Waals surface area contributed by atoms with Crippen LogP contribution in [0.3, 0.4) is 0 Å². The predicted octanol–water partition coefficient (Wildman–Crippen LogP) is 1.17. The molecule has 1 fully saturated rings. The molecule has 0 spiro atoms. The van der Waals surface area contributed by atoms with Gasteiger partial charge >= 0.3 is 0 Å². The minimum Gasteiger partial charge on any atom is -0.146 e. The standard InChI is InChI=1S/C5H9FN/c6-7-4-2-1-3-5-7/h1H,2-5H2. The lowest BCUT2D eigenvalue weighted by Crippen LogP contribution is -2.21. The minimum absolute atomic E-state index is 0.597. The molecule has 0 amide bonds. The first-order valence-corrected chi connectivity index (χ1v) is 2.62. The Bertz CT molecular complexity index is 50.0. The number of halogens is 1. The van der Waals surface area contributed by atoms with E-state index in [0.717, 1.165) is 18.0 Å². The van der Waals surface area contributed by atoms with Crippen LogP contribution in [0.4, 0.5) is 4.48 Å². The van der Waals surface area contributed by atoms with Crippen LogP contribution in [0.2, 0.25) is 0 Å². The molecular weight excluding hydrogens is 93.1 g/mol. The van der Waals surface area contributed by atoms with Crippen molar-refractivity contribution in [2.45, 2.75) is 12.8 Å².